The Bertz CT molecular complexity index is 442. The minimum Gasteiger partial charge on any atom is -0.468 e. The molecule has 104 valence electrons. The van der Waals surface area contributed by atoms with Gasteiger partial charge in [-0.15, -0.1) is 0 Å². The molecule has 0 aromatic carbocycles. The lowest BCUT2D eigenvalue weighted by molar-refractivity contribution is -0.142. The number of halogens is 1. The van der Waals surface area contributed by atoms with Crippen LogP contribution in [0.4, 0.5) is 11.8 Å². The first-order chi connectivity index (χ1) is 9.08. The first-order valence-corrected chi connectivity index (χ1v) is 6.30. The molecule has 2 heterocycles. The SMILES string of the molecule is COC(=O)CN1CCN(c2cc(Cl)nc(N)n2)CC1. The highest BCUT2D eigenvalue weighted by Crippen LogP contribution is 2.18. The van der Waals surface area contributed by atoms with E-state index in [2.05, 4.69) is 19.6 Å². The molecule has 1 aliphatic rings. The van der Waals surface area contributed by atoms with E-state index >= 15 is 0 Å². The van der Waals surface area contributed by atoms with E-state index in [4.69, 9.17) is 17.3 Å². The fraction of sp³-hybridized carbons (Fsp3) is 0.545. The number of hydrogen-bond donors (Lipinski definition) is 1. The van der Waals surface area contributed by atoms with E-state index in [0.717, 1.165) is 32.0 Å². The normalized spacial score (nSPS) is 16.4. The molecule has 1 saturated heterocycles. The topological polar surface area (TPSA) is 84.6 Å². The Morgan fingerprint density at radius 3 is 2.68 bits per heavy atom. The molecule has 1 fully saturated rings. The van der Waals surface area contributed by atoms with Gasteiger partial charge in [-0.2, -0.15) is 4.98 Å². The van der Waals surface area contributed by atoms with Crippen molar-refractivity contribution in [2.75, 3.05) is 50.5 Å². The van der Waals surface area contributed by atoms with Crippen LogP contribution in [0.25, 0.3) is 0 Å². The summed E-state index contributed by atoms with van der Waals surface area (Å²) in [4.78, 5) is 23.3. The zero-order valence-electron chi connectivity index (χ0n) is 10.7. The maximum absolute atomic E-state index is 11.2. The number of hydrogen-bond acceptors (Lipinski definition) is 7. The van der Waals surface area contributed by atoms with Crippen LogP contribution in [0, 0.1) is 0 Å². The molecule has 0 radical (unpaired) electrons. The summed E-state index contributed by atoms with van der Waals surface area (Å²) < 4.78 is 4.65. The molecule has 8 heteroatoms. The number of rotatable bonds is 3. The van der Waals surface area contributed by atoms with Crippen molar-refractivity contribution >= 4 is 29.3 Å². The van der Waals surface area contributed by atoms with Gasteiger partial charge in [0.25, 0.3) is 0 Å². The lowest BCUT2D eigenvalue weighted by atomic mass is 10.3. The van der Waals surface area contributed by atoms with Crippen molar-refractivity contribution < 1.29 is 9.53 Å². The number of ether oxygens (including phenoxy) is 1. The van der Waals surface area contributed by atoms with E-state index in [-0.39, 0.29) is 11.9 Å². The lowest BCUT2D eigenvalue weighted by Gasteiger charge is -2.34. The number of carbonyl (C=O) groups excluding carboxylic acids is 1. The quantitative estimate of drug-likeness (QED) is 0.618. The minimum atomic E-state index is -0.220. The van der Waals surface area contributed by atoms with Crippen LogP contribution in [-0.2, 0) is 9.53 Å². The van der Waals surface area contributed by atoms with Gasteiger partial charge in [0, 0.05) is 32.2 Å². The minimum absolute atomic E-state index is 0.166. The number of anilines is 2. The number of methoxy groups -OCH3 is 1. The summed E-state index contributed by atoms with van der Waals surface area (Å²) in [6.45, 7) is 3.35. The Balaban J connectivity index is 1.94. The van der Waals surface area contributed by atoms with Crippen LogP contribution in [0.1, 0.15) is 0 Å². The van der Waals surface area contributed by atoms with E-state index < -0.39 is 0 Å². The Kier molecular flexibility index (Phi) is 4.39. The van der Waals surface area contributed by atoms with Gasteiger partial charge in [0.2, 0.25) is 5.95 Å². The van der Waals surface area contributed by atoms with E-state index in [9.17, 15) is 4.79 Å². The van der Waals surface area contributed by atoms with Crippen LogP contribution < -0.4 is 10.6 Å². The average molecular weight is 286 g/mol. The smallest absolute Gasteiger partial charge is 0.319 e. The Hall–Kier alpha value is -1.60. The fourth-order valence-corrected chi connectivity index (χ4v) is 2.15. The van der Waals surface area contributed by atoms with Crippen molar-refractivity contribution in [3.8, 4) is 0 Å². The highest BCUT2D eigenvalue weighted by Gasteiger charge is 2.20. The number of esters is 1. The van der Waals surface area contributed by atoms with Crippen LogP contribution in [0.2, 0.25) is 5.15 Å². The van der Waals surface area contributed by atoms with Crippen molar-refractivity contribution in [3.05, 3.63) is 11.2 Å². The summed E-state index contributed by atoms with van der Waals surface area (Å²) in [7, 11) is 1.39. The summed E-state index contributed by atoms with van der Waals surface area (Å²) in [6.07, 6.45) is 0. The molecule has 1 aliphatic heterocycles. The molecule has 0 aliphatic carbocycles. The highest BCUT2D eigenvalue weighted by atomic mass is 35.5. The first-order valence-electron chi connectivity index (χ1n) is 5.92. The average Bonchev–Trinajstić information content (AvgIpc) is 2.38. The van der Waals surface area contributed by atoms with Crippen LogP contribution in [-0.4, -0.2) is 60.7 Å². The molecule has 1 aromatic heterocycles. The summed E-state index contributed by atoms with van der Waals surface area (Å²) in [5.41, 5.74) is 5.57. The van der Waals surface area contributed by atoms with Gasteiger partial charge in [-0.1, -0.05) is 11.6 Å². The molecule has 2 rings (SSSR count). The largest absolute Gasteiger partial charge is 0.468 e. The van der Waals surface area contributed by atoms with Crippen molar-refractivity contribution in [2.45, 2.75) is 0 Å². The molecule has 0 spiro atoms. The maximum Gasteiger partial charge on any atom is 0.319 e. The molecule has 2 N–H and O–H groups in total. The van der Waals surface area contributed by atoms with Gasteiger partial charge in [-0.25, -0.2) is 4.98 Å². The maximum atomic E-state index is 11.2. The molecule has 7 nitrogen and oxygen atoms in total. The van der Waals surface area contributed by atoms with Gasteiger partial charge < -0.3 is 15.4 Å². The second-order valence-corrected chi connectivity index (χ2v) is 4.63. The van der Waals surface area contributed by atoms with Crippen molar-refractivity contribution in [1.82, 2.24) is 14.9 Å². The second kappa shape index (κ2) is 6.03. The number of aromatic nitrogens is 2. The summed E-state index contributed by atoms with van der Waals surface area (Å²) in [6, 6.07) is 1.69. The van der Waals surface area contributed by atoms with Crippen molar-refractivity contribution in [2.24, 2.45) is 0 Å². The Morgan fingerprint density at radius 1 is 1.42 bits per heavy atom. The zero-order chi connectivity index (χ0) is 13.8. The van der Waals surface area contributed by atoms with Gasteiger partial charge >= 0.3 is 5.97 Å². The van der Waals surface area contributed by atoms with Crippen LogP contribution in [0.3, 0.4) is 0 Å². The molecule has 0 amide bonds. The van der Waals surface area contributed by atoms with E-state index in [1.165, 1.54) is 7.11 Å². The van der Waals surface area contributed by atoms with Crippen LogP contribution >= 0.6 is 11.6 Å². The Labute approximate surface area is 116 Å². The van der Waals surface area contributed by atoms with Gasteiger partial charge in [-0.3, -0.25) is 9.69 Å². The molecule has 0 bridgehead atoms. The predicted molar refractivity (Wildman–Crippen MR) is 72.1 cm³/mol. The lowest BCUT2D eigenvalue weighted by Crippen LogP contribution is -2.48. The molecule has 0 saturated carbocycles. The Morgan fingerprint density at radius 2 is 2.11 bits per heavy atom. The number of carbonyl (C=O) groups is 1. The van der Waals surface area contributed by atoms with Gasteiger partial charge in [-0.05, 0) is 0 Å². The number of nitrogen functional groups attached to an aromatic ring is 1. The number of piperazine rings is 1. The fourth-order valence-electron chi connectivity index (χ4n) is 1.97. The molecular weight excluding hydrogens is 270 g/mol. The van der Waals surface area contributed by atoms with E-state index in [0.29, 0.717) is 11.7 Å². The summed E-state index contributed by atoms with van der Waals surface area (Å²) in [5.74, 6) is 0.664. The third-order valence-electron chi connectivity index (χ3n) is 2.98. The van der Waals surface area contributed by atoms with Gasteiger partial charge in [0.05, 0.1) is 13.7 Å². The van der Waals surface area contributed by atoms with Crippen LogP contribution in [0.15, 0.2) is 6.07 Å². The summed E-state index contributed by atoms with van der Waals surface area (Å²) in [5, 5.41) is 0.333. The van der Waals surface area contributed by atoms with E-state index in [1.807, 2.05) is 4.90 Å². The van der Waals surface area contributed by atoms with Crippen molar-refractivity contribution in [3.63, 3.8) is 0 Å². The van der Waals surface area contributed by atoms with E-state index in [1.54, 1.807) is 6.07 Å². The standard InChI is InChI=1S/C11H16ClN5O2/c1-19-10(18)7-16-2-4-17(5-3-16)9-6-8(12)14-11(13)15-9/h6H,2-5,7H2,1H3,(H2,13,14,15). The number of nitrogens with two attached hydrogens (primary N) is 1. The second-order valence-electron chi connectivity index (χ2n) is 4.25. The molecular formula is C11H16ClN5O2. The van der Waals surface area contributed by atoms with Crippen LogP contribution in [0.5, 0.6) is 0 Å². The van der Waals surface area contributed by atoms with Gasteiger partial charge in [0.15, 0.2) is 0 Å². The van der Waals surface area contributed by atoms with Crippen molar-refractivity contribution in [1.29, 1.82) is 0 Å². The highest BCUT2D eigenvalue weighted by molar-refractivity contribution is 6.29. The molecule has 0 atom stereocenters. The molecule has 1 aromatic rings. The monoisotopic (exact) mass is 285 g/mol. The summed E-state index contributed by atoms with van der Waals surface area (Å²) >= 11 is 5.86. The third-order valence-corrected chi connectivity index (χ3v) is 3.17. The van der Waals surface area contributed by atoms with Gasteiger partial charge in [0.1, 0.15) is 11.0 Å². The number of nitrogens with zero attached hydrogens (tertiary/aromatic N) is 4. The third kappa shape index (κ3) is 3.68. The first kappa shape index (κ1) is 13.8. The molecule has 0 unspecified atom stereocenters. The predicted octanol–water partition coefficient (Wildman–Crippen LogP) is 0.00720. The zero-order valence-corrected chi connectivity index (χ0v) is 11.4. The molecule has 19 heavy (non-hydrogen) atoms.